The van der Waals surface area contributed by atoms with Crippen LogP contribution in [0.25, 0.3) is 0 Å². The van der Waals surface area contributed by atoms with Crippen molar-refractivity contribution in [3.05, 3.63) is 58.6 Å². The minimum Gasteiger partial charge on any atom is -0.546 e. The molecule has 2 rings (SSSR count). The molecule has 0 saturated carbocycles. The fraction of sp³-hybridized carbons (Fsp3) is 0.167. The Bertz CT molecular complexity index is 834. The van der Waals surface area contributed by atoms with Crippen molar-refractivity contribution in [2.24, 2.45) is 5.10 Å². The van der Waals surface area contributed by atoms with Crippen LogP contribution in [0.2, 0.25) is 5.02 Å². The van der Waals surface area contributed by atoms with E-state index in [4.69, 9.17) is 16.3 Å². The SMILES string of the molecule is CC/C(=N/NC(=O)c1cc(Cl)ccc1O)c1ccc(OCC(=O)[O-])cc1. The Kier molecular flexibility index (Phi) is 6.57. The van der Waals surface area contributed by atoms with Gasteiger partial charge in [-0.1, -0.05) is 18.5 Å². The van der Waals surface area contributed by atoms with Crippen molar-refractivity contribution in [2.45, 2.75) is 13.3 Å². The van der Waals surface area contributed by atoms with Crippen LogP contribution in [-0.2, 0) is 4.79 Å². The molecule has 26 heavy (non-hydrogen) atoms. The number of phenolic OH excluding ortho intramolecular Hbond substituents is 1. The molecule has 0 aliphatic carbocycles. The number of aromatic hydroxyl groups is 1. The summed E-state index contributed by atoms with van der Waals surface area (Å²) in [4.78, 5) is 22.5. The van der Waals surface area contributed by atoms with Gasteiger partial charge in [-0.3, -0.25) is 4.79 Å². The number of ether oxygens (including phenoxy) is 1. The minimum absolute atomic E-state index is 0.0164. The maximum absolute atomic E-state index is 12.2. The van der Waals surface area contributed by atoms with Gasteiger partial charge in [0.25, 0.3) is 5.91 Å². The zero-order valence-electron chi connectivity index (χ0n) is 13.9. The molecule has 0 unspecified atom stereocenters. The first-order valence-corrected chi connectivity index (χ1v) is 8.07. The van der Waals surface area contributed by atoms with Crippen molar-refractivity contribution in [3.63, 3.8) is 0 Å². The highest BCUT2D eigenvalue weighted by Gasteiger charge is 2.12. The summed E-state index contributed by atoms with van der Waals surface area (Å²) in [6.07, 6.45) is 0.529. The fourth-order valence-corrected chi connectivity index (χ4v) is 2.27. The normalized spacial score (nSPS) is 11.1. The number of hydrazone groups is 1. The minimum atomic E-state index is -1.31. The number of carboxylic acids is 1. The number of halogens is 1. The van der Waals surface area contributed by atoms with Crippen molar-refractivity contribution in [3.8, 4) is 11.5 Å². The lowest BCUT2D eigenvalue weighted by atomic mass is 10.1. The maximum Gasteiger partial charge on any atom is 0.275 e. The molecular weight excluding hydrogens is 360 g/mol. The Balaban J connectivity index is 2.11. The number of benzene rings is 2. The second-order valence-electron chi connectivity index (χ2n) is 5.20. The summed E-state index contributed by atoms with van der Waals surface area (Å²) >= 11 is 5.83. The molecule has 0 aromatic heterocycles. The Hall–Kier alpha value is -3.06. The van der Waals surface area contributed by atoms with Gasteiger partial charge in [0.05, 0.1) is 17.2 Å². The Morgan fingerprint density at radius 3 is 2.54 bits per heavy atom. The first-order chi connectivity index (χ1) is 12.4. The van der Waals surface area contributed by atoms with Crippen molar-refractivity contribution in [2.75, 3.05) is 6.61 Å². The summed E-state index contributed by atoms with van der Waals surface area (Å²) in [6.45, 7) is 1.33. The lowest BCUT2D eigenvalue weighted by Crippen LogP contribution is -2.28. The molecule has 2 aromatic carbocycles. The van der Waals surface area contributed by atoms with Crippen LogP contribution in [0.5, 0.6) is 11.5 Å². The average molecular weight is 376 g/mol. The van der Waals surface area contributed by atoms with Crippen LogP contribution in [0.4, 0.5) is 0 Å². The number of carboxylic acid groups (broad SMARTS) is 1. The van der Waals surface area contributed by atoms with Crippen LogP contribution in [0.3, 0.4) is 0 Å². The monoisotopic (exact) mass is 375 g/mol. The molecular formula is C18H16ClN2O5-. The van der Waals surface area contributed by atoms with Gasteiger partial charge in [-0.05, 0) is 54.4 Å². The quantitative estimate of drug-likeness (QED) is 0.565. The molecule has 8 heteroatoms. The van der Waals surface area contributed by atoms with Gasteiger partial charge < -0.3 is 19.7 Å². The molecule has 0 atom stereocenters. The second-order valence-corrected chi connectivity index (χ2v) is 5.64. The van der Waals surface area contributed by atoms with Crippen molar-refractivity contribution in [1.29, 1.82) is 0 Å². The molecule has 0 aliphatic rings. The molecule has 7 nitrogen and oxygen atoms in total. The molecule has 0 heterocycles. The van der Waals surface area contributed by atoms with Crippen LogP contribution in [0, 0.1) is 0 Å². The molecule has 136 valence electrons. The van der Waals surface area contributed by atoms with Gasteiger partial charge in [0, 0.05) is 5.02 Å². The van der Waals surface area contributed by atoms with Gasteiger partial charge in [0.15, 0.2) is 0 Å². The van der Waals surface area contributed by atoms with Crippen LogP contribution >= 0.6 is 11.6 Å². The molecule has 0 fully saturated rings. The van der Waals surface area contributed by atoms with Gasteiger partial charge in [0.1, 0.15) is 18.1 Å². The third-order valence-corrected chi connectivity index (χ3v) is 3.61. The highest BCUT2D eigenvalue weighted by molar-refractivity contribution is 6.31. The molecule has 0 saturated heterocycles. The number of aliphatic carboxylic acids is 1. The van der Waals surface area contributed by atoms with Gasteiger partial charge in [-0.25, -0.2) is 5.43 Å². The lowest BCUT2D eigenvalue weighted by molar-refractivity contribution is -0.307. The molecule has 0 aliphatic heterocycles. The van der Waals surface area contributed by atoms with E-state index < -0.39 is 18.5 Å². The second kappa shape index (κ2) is 8.87. The highest BCUT2D eigenvalue weighted by atomic mass is 35.5. The van der Waals surface area contributed by atoms with E-state index >= 15 is 0 Å². The summed E-state index contributed by atoms with van der Waals surface area (Å²) in [5.41, 5.74) is 3.72. The van der Waals surface area contributed by atoms with Gasteiger partial charge in [-0.15, -0.1) is 0 Å². The molecule has 0 radical (unpaired) electrons. The van der Waals surface area contributed by atoms with Crippen LogP contribution < -0.4 is 15.3 Å². The Morgan fingerprint density at radius 1 is 1.23 bits per heavy atom. The molecule has 2 aromatic rings. The van der Waals surface area contributed by atoms with Gasteiger partial charge >= 0.3 is 0 Å². The fourth-order valence-electron chi connectivity index (χ4n) is 2.10. The van der Waals surface area contributed by atoms with E-state index in [1.54, 1.807) is 24.3 Å². The van der Waals surface area contributed by atoms with Gasteiger partial charge in [-0.2, -0.15) is 5.10 Å². The van der Waals surface area contributed by atoms with E-state index in [1.165, 1.54) is 18.2 Å². The molecule has 1 amide bonds. The summed E-state index contributed by atoms with van der Waals surface area (Å²) in [5, 5.41) is 24.5. The maximum atomic E-state index is 12.2. The van der Waals surface area contributed by atoms with Crippen molar-refractivity contribution in [1.82, 2.24) is 5.43 Å². The van der Waals surface area contributed by atoms with Gasteiger partial charge in [0.2, 0.25) is 0 Å². The van der Waals surface area contributed by atoms with Crippen molar-refractivity contribution < 1.29 is 24.5 Å². The highest BCUT2D eigenvalue weighted by Crippen LogP contribution is 2.21. The number of amides is 1. The zero-order chi connectivity index (χ0) is 19.1. The number of carbonyl (C=O) groups is 2. The Morgan fingerprint density at radius 2 is 1.92 bits per heavy atom. The number of carbonyl (C=O) groups excluding carboxylic acids is 2. The first kappa shape index (κ1) is 19.3. The van der Waals surface area contributed by atoms with Crippen molar-refractivity contribution >= 4 is 29.2 Å². The third kappa shape index (κ3) is 5.22. The number of hydrogen-bond donors (Lipinski definition) is 2. The smallest absolute Gasteiger partial charge is 0.275 e. The van der Waals surface area contributed by atoms with Crippen LogP contribution in [0.15, 0.2) is 47.6 Å². The van der Waals surface area contributed by atoms with E-state index in [2.05, 4.69) is 10.5 Å². The molecule has 0 bridgehead atoms. The first-order valence-electron chi connectivity index (χ1n) is 7.69. The average Bonchev–Trinajstić information content (AvgIpc) is 2.63. The largest absolute Gasteiger partial charge is 0.546 e. The number of rotatable bonds is 7. The number of phenols is 1. The number of hydrogen-bond acceptors (Lipinski definition) is 6. The van der Waals surface area contributed by atoms with Crippen LogP contribution in [-0.4, -0.2) is 29.3 Å². The number of nitrogens with zero attached hydrogens (tertiary/aromatic N) is 1. The van der Waals surface area contributed by atoms with E-state index in [0.717, 1.165) is 5.56 Å². The standard InChI is InChI=1S/C18H17ClN2O5/c1-2-15(11-3-6-13(7-4-11)26-10-17(23)24)20-21-18(25)14-9-12(19)5-8-16(14)22/h3-9,22H,2,10H2,1H3,(H,21,25)(H,23,24)/p-1/b20-15-. The number of nitrogens with one attached hydrogen (secondary N) is 1. The summed E-state index contributed by atoms with van der Waals surface area (Å²) in [7, 11) is 0. The predicted octanol–water partition coefficient (Wildman–Crippen LogP) is 1.72. The Labute approximate surface area is 154 Å². The lowest BCUT2D eigenvalue weighted by Gasteiger charge is -2.09. The zero-order valence-corrected chi connectivity index (χ0v) is 14.6. The van der Waals surface area contributed by atoms with E-state index in [9.17, 15) is 19.8 Å². The molecule has 0 spiro atoms. The topological polar surface area (TPSA) is 111 Å². The van der Waals surface area contributed by atoms with E-state index in [1.807, 2.05) is 6.92 Å². The summed E-state index contributed by atoms with van der Waals surface area (Å²) < 4.78 is 5.00. The summed E-state index contributed by atoms with van der Waals surface area (Å²) in [6, 6.07) is 10.7. The summed E-state index contributed by atoms with van der Waals surface area (Å²) in [5.74, 6) is -1.72. The van der Waals surface area contributed by atoms with E-state index in [0.29, 0.717) is 22.9 Å². The third-order valence-electron chi connectivity index (χ3n) is 3.37. The predicted molar refractivity (Wildman–Crippen MR) is 94.4 cm³/mol. The van der Waals surface area contributed by atoms with E-state index in [-0.39, 0.29) is 11.3 Å². The van der Waals surface area contributed by atoms with Crippen LogP contribution in [0.1, 0.15) is 29.3 Å². The molecule has 2 N–H and O–H groups in total.